The molecule has 0 aliphatic heterocycles. The first-order valence-electron chi connectivity index (χ1n) is 5.91. The Balaban J connectivity index is 2.67. The first-order valence-corrected chi connectivity index (χ1v) is 7.56. The van der Waals surface area contributed by atoms with E-state index in [1.807, 2.05) is 0 Å². The van der Waals surface area contributed by atoms with Gasteiger partial charge in [0, 0.05) is 11.8 Å². The summed E-state index contributed by atoms with van der Waals surface area (Å²) in [5, 5.41) is 2.56. The second kappa shape index (κ2) is 7.11. The molecule has 0 fully saturated rings. The molecule has 0 aromatic heterocycles. The summed E-state index contributed by atoms with van der Waals surface area (Å²) >= 11 is 0. The molecule has 0 unspecified atom stereocenters. The van der Waals surface area contributed by atoms with Crippen LogP contribution in [0.1, 0.15) is 6.92 Å². The summed E-state index contributed by atoms with van der Waals surface area (Å²) in [5.74, 6) is 0.474. The summed E-state index contributed by atoms with van der Waals surface area (Å²) in [6.07, 6.45) is 0. The van der Waals surface area contributed by atoms with Crippen LogP contribution >= 0.6 is 0 Å². The first-order chi connectivity index (χ1) is 9.41. The molecule has 0 saturated heterocycles. The zero-order valence-electron chi connectivity index (χ0n) is 11.6. The minimum Gasteiger partial charge on any atom is -0.493 e. The van der Waals surface area contributed by atoms with Crippen molar-refractivity contribution in [1.82, 2.24) is 4.72 Å². The van der Waals surface area contributed by atoms with Gasteiger partial charge in [-0.25, -0.2) is 13.1 Å². The van der Waals surface area contributed by atoms with Crippen molar-refractivity contribution in [2.45, 2.75) is 6.92 Å². The fraction of sp³-hybridized carbons (Fsp3) is 0.417. The van der Waals surface area contributed by atoms with Gasteiger partial charge in [-0.15, -0.1) is 0 Å². The second-order valence-corrected chi connectivity index (χ2v) is 5.94. The van der Waals surface area contributed by atoms with Crippen LogP contribution in [0.4, 0.5) is 5.69 Å². The van der Waals surface area contributed by atoms with E-state index < -0.39 is 15.9 Å². The number of methoxy groups -OCH3 is 2. The highest BCUT2D eigenvalue weighted by atomic mass is 32.2. The Morgan fingerprint density at radius 2 is 1.85 bits per heavy atom. The van der Waals surface area contributed by atoms with Gasteiger partial charge in [0.1, 0.15) is 0 Å². The van der Waals surface area contributed by atoms with E-state index in [4.69, 9.17) is 9.47 Å². The molecular weight excluding hydrogens is 284 g/mol. The van der Waals surface area contributed by atoms with Gasteiger partial charge in [0.05, 0.1) is 26.5 Å². The molecule has 0 spiro atoms. The number of hydrogen-bond acceptors (Lipinski definition) is 5. The second-order valence-electron chi connectivity index (χ2n) is 3.84. The highest BCUT2D eigenvalue weighted by Crippen LogP contribution is 2.29. The third kappa shape index (κ3) is 4.71. The normalized spacial score (nSPS) is 10.9. The summed E-state index contributed by atoms with van der Waals surface area (Å²) in [6.45, 7) is 1.18. The van der Waals surface area contributed by atoms with E-state index in [2.05, 4.69) is 10.0 Å². The molecule has 2 N–H and O–H groups in total. The lowest BCUT2D eigenvalue weighted by atomic mass is 10.2. The average Bonchev–Trinajstić information content (AvgIpc) is 2.45. The summed E-state index contributed by atoms with van der Waals surface area (Å²) in [7, 11) is -0.391. The molecule has 7 nitrogen and oxygen atoms in total. The van der Waals surface area contributed by atoms with Crippen molar-refractivity contribution >= 4 is 21.6 Å². The molecule has 0 saturated carbocycles. The Morgan fingerprint density at radius 1 is 1.20 bits per heavy atom. The van der Waals surface area contributed by atoms with Gasteiger partial charge in [0.25, 0.3) is 0 Å². The van der Waals surface area contributed by atoms with Gasteiger partial charge in [-0.05, 0) is 19.1 Å². The summed E-state index contributed by atoms with van der Waals surface area (Å²) in [4.78, 5) is 11.6. The van der Waals surface area contributed by atoms with E-state index in [1.54, 1.807) is 18.2 Å². The van der Waals surface area contributed by atoms with E-state index in [9.17, 15) is 13.2 Å². The number of carbonyl (C=O) groups is 1. The lowest BCUT2D eigenvalue weighted by molar-refractivity contribution is -0.115. The molecule has 0 radical (unpaired) electrons. The largest absolute Gasteiger partial charge is 0.493 e. The van der Waals surface area contributed by atoms with Crippen molar-refractivity contribution in [2.24, 2.45) is 0 Å². The van der Waals surface area contributed by atoms with E-state index in [-0.39, 0.29) is 12.3 Å². The average molecular weight is 302 g/mol. The lowest BCUT2D eigenvalue weighted by Crippen LogP contribution is -2.33. The zero-order valence-corrected chi connectivity index (χ0v) is 12.4. The van der Waals surface area contributed by atoms with Crippen LogP contribution < -0.4 is 19.5 Å². The Morgan fingerprint density at radius 3 is 2.40 bits per heavy atom. The number of anilines is 1. The molecule has 0 aliphatic rings. The number of ether oxygens (including phenoxy) is 2. The quantitative estimate of drug-likeness (QED) is 0.768. The highest BCUT2D eigenvalue weighted by Gasteiger charge is 2.11. The van der Waals surface area contributed by atoms with Crippen molar-refractivity contribution in [3.05, 3.63) is 18.2 Å². The van der Waals surface area contributed by atoms with Gasteiger partial charge in [0.2, 0.25) is 15.9 Å². The van der Waals surface area contributed by atoms with Crippen molar-refractivity contribution in [3.63, 3.8) is 0 Å². The predicted molar refractivity (Wildman–Crippen MR) is 75.6 cm³/mol. The van der Waals surface area contributed by atoms with Crippen LogP contribution in [0.2, 0.25) is 0 Å². The van der Waals surface area contributed by atoms with Gasteiger partial charge < -0.3 is 14.8 Å². The molecule has 0 bridgehead atoms. The van der Waals surface area contributed by atoms with Crippen LogP contribution in [0.25, 0.3) is 0 Å². The Kier molecular flexibility index (Phi) is 5.78. The van der Waals surface area contributed by atoms with Crippen LogP contribution in [-0.2, 0) is 14.8 Å². The number of benzene rings is 1. The standard InChI is InChI=1S/C12H18N2O5S/c1-4-20(16,17)13-8-12(15)14-9-5-6-10(18-2)11(7-9)19-3/h5-7,13H,4,8H2,1-3H3,(H,14,15). The van der Waals surface area contributed by atoms with Gasteiger partial charge in [0.15, 0.2) is 11.5 Å². The summed E-state index contributed by atoms with van der Waals surface area (Å²) in [6, 6.07) is 4.86. The maximum absolute atomic E-state index is 11.6. The third-order valence-electron chi connectivity index (χ3n) is 2.50. The van der Waals surface area contributed by atoms with Crippen LogP contribution in [0.15, 0.2) is 18.2 Å². The van der Waals surface area contributed by atoms with Gasteiger partial charge in [-0.2, -0.15) is 0 Å². The van der Waals surface area contributed by atoms with Gasteiger partial charge in [-0.3, -0.25) is 4.79 Å². The van der Waals surface area contributed by atoms with E-state index >= 15 is 0 Å². The smallest absolute Gasteiger partial charge is 0.239 e. The number of rotatable bonds is 7. The number of carbonyl (C=O) groups excluding carboxylic acids is 1. The maximum atomic E-state index is 11.6. The van der Waals surface area contributed by atoms with Crippen molar-refractivity contribution in [2.75, 3.05) is 31.8 Å². The minimum absolute atomic E-state index is 0.0728. The predicted octanol–water partition coefficient (Wildman–Crippen LogP) is 0.582. The molecule has 0 atom stereocenters. The highest BCUT2D eigenvalue weighted by molar-refractivity contribution is 7.89. The first kappa shape index (κ1) is 16.3. The van der Waals surface area contributed by atoms with Crippen molar-refractivity contribution in [3.8, 4) is 11.5 Å². The lowest BCUT2D eigenvalue weighted by Gasteiger charge is -2.10. The molecular formula is C12H18N2O5S. The van der Waals surface area contributed by atoms with Crippen molar-refractivity contribution < 1.29 is 22.7 Å². The molecule has 1 aromatic carbocycles. The SMILES string of the molecule is CCS(=O)(=O)NCC(=O)Nc1ccc(OC)c(OC)c1. The fourth-order valence-electron chi connectivity index (χ4n) is 1.40. The van der Waals surface area contributed by atoms with Gasteiger partial charge in [-0.1, -0.05) is 0 Å². The molecule has 20 heavy (non-hydrogen) atoms. The molecule has 1 rings (SSSR count). The molecule has 1 aromatic rings. The van der Waals surface area contributed by atoms with Crippen LogP contribution in [0.3, 0.4) is 0 Å². The maximum Gasteiger partial charge on any atom is 0.239 e. The molecule has 0 aliphatic carbocycles. The number of nitrogens with one attached hydrogen (secondary N) is 2. The number of sulfonamides is 1. The molecule has 0 heterocycles. The van der Waals surface area contributed by atoms with E-state index in [1.165, 1.54) is 21.1 Å². The number of hydrogen-bond donors (Lipinski definition) is 2. The van der Waals surface area contributed by atoms with Crippen LogP contribution in [0.5, 0.6) is 11.5 Å². The summed E-state index contributed by atoms with van der Waals surface area (Å²) < 4.78 is 34.8. The Hall–Kier alpha value is -1.80. The zero-order chi connectivity index (χ0) is 15.2. The third-order valence-corrected chi connectivity index (χ3v) is 3.84. The minimum atomic E-state index is -3.39. The van der Waals surface area contributed by atoms with E-state index in [0.29, 0.717) is 17.2 Å². The molecule has 1 amide bonds. The van der Waals surface area contributed by atoms with Crippen molar-refractivity contribution in [1.29, 1.82) is 0 Å². The van der Waals surface area contributed by atoms with Crippen LogP contribution in [-0.4, -0.2) is 40.8 Å². The Bertz CT molecular complexity index is 571. The summed E-state index contributed by atoms with van der Waals surface area (Å²) in [5.41, 5.74) is 0.489. The fourth-order valence-corrected chi connectivity index (χ4v) is 1.95. The monoisotopic (exact) mass is 302 g/mol. The van der Waals surface area contributed by atoms with Crippen LogP contribution in [0, 0.1) is 0 Å². The molecule has 112 valence electrons. The number of amides is 1. The van der Waals surface area contributed by atoms with E-state index in [0.717, 1.165) is 0 Å². The molecule has 8 heteroatoms. The van der Waals surface area contributed by atoms with Gasteiger partial charge >= 0.3 is 0 Å². The Labute approximate surface area is 118 Å². The topological polar surface area (TPSA) is 93.7 Å².